The maximum Gasteiger partial charge on any atom is 0.237 e. The van der Waals surface area contributed by atoms with Gasteiger partial charge in [0.1, 0.15) is 23.4 Å². The zero-order chi connectivity index (χ0) is 27.4. The Balaban J connectivity index is 1.63. The molecule has 202 valence electrons. The number of aryl methyl sites for hydroxylation is 1. The number of pyridine rings is 2. The van der Waals surface area contributed by atoms with Crippen molar-refractivity contribution in [2.45, 2.75) is 32.4 Å². The molecule has 1 unspecified atom stereocenters. The van der Waals surface area contributed by atoms with E-state index in [2.05, 4.69) is 26.1 Å². The van der Waals surface area contributed by atoms with Crippen LogP contribution in [0, 0.1) is 11.3 Å². The number of piperazine rings is 1. The van der Waals surface area contributed by atoms with Gasteiger partial charge in [-0.05, 0) is 45.5 Å². The Morgan fingerprint density at radius 2 is 2.05 bits per heavy atom. The van der Waals surface area contributed by atoms with Crippen LogP contribution in [0.2, 0.25) is 0 Å². The van der Waals surface area contributed by atoms with Crippen molar-refractivity contribution in [1.82, 2.24) is 24.5 Å². The standard InChI is InChI=1S/C25H32N8O4S/c1-17(16-38(36,37)27-2)29-21-10-23(28-12-20(21)11-26)33-6-4-5-18-9-19(22(15-34)30-25(18)33)13-32-8-7-31(3)14-24(32)35/h9-10,12,15,17,27H,4-8,13-14,16H2,1-3H3,(H,28,29). The monoisotopic (exact) mass is 540 g/mol. The minimum atomic E-state index is -3.45. The molecule has 4 rings (SSSR count). The third kappa shape index (κ3) is 6.09. The molecular formula is C25H32N8O4S. The molecule has 2 aliphatic rings. The predicted octanol–water partition coefficient (Wildman–Crippen LogP) is 0.869. The molecule has 2 aromatic heterocycles. The molecule has 4 heterocycles. The normalized spacial score (nSPS) is 17.1. The zero-order valence-electron chi connectivity index (χ0n) is 21.8. The van der Waals surface area contributed by atoms with Crippen LogP contribution in [-0.4, -0.2) is 92.4 Å². The number of nitrogens with zero attached hydrogens (tertiary/aromatic N) is 6. The molecule has 38 heavy (non-hydrogen) atoms. The van der Waals surface area contributed by atoms with Gasteiger partial charge < -0.3 is 15.1 Å². The van der Waals surface area contributed by atoms with Crippen LogP contribution in [0.1, 0.15) is 40.5 Å². The first-order valence-electron chi connectivity index (χ1n) is 12.4. The Hall–Kier alpha value is -3.60. The van der Waals surface area contributed by atoms with Crippen LogP contribution >= 0.6 is 0 Å². The minimum Gasteiger partial charge on any atom is -0.380 e. The summed E-state index contributed by atoms with van der Waals surface area (Å²) >= 11 is 0. The molecule has 1 fully saturated rings. The van der Waals surface area contributed by atoms with E-state index >= 15 is 0 Å². The minimum absolute atomic E-state index is 0.0218. The van der Waals surface area contributed by atoms with Crippen LogP contribution < -0.4 is 14.9 Å². The molecule has 13 heteroatoms. The van der Waals surface area contributed by atoms with Gasteiger partial charge >= 0.3 is 0 Å². The topological polar surface area (TPSA) is 152 Å². The van der Waals surface area contributed by atoms with Crippen LogP contribution in [0.25, 0.3) is 0 Å². The largest absolute Gasteiger partial charge is 0.380 e. The summed E-state index contributed by atoms with van der Waals surface area (Å²) in [6.07, 6.45) is 3.75. The van der Waals surface area contributed by atoms with Crippen molar-refractivity contribution in [3.05, 3.63) is 40.7 Å². The van der Waals surface area contributed by atoms with E-state index in [4.69, 9.17) is 0 Å². The van der Waals surface area contributed by atoms with Crippen molar-refractivity contribution in [3.63, 3.8) is 0 Å². The second-order valence-corrected chi connectivity index (χ2v) is 11.6. The highest BCUT2D eigenvalue weighted by Gasteiger charge is 2.27. The molecule has 0 radical (unpaired) electrons. The average molecular weight is 541 g/mol. The number of sulfonamides is 1. The van der Waals surface area contributed by atoms with E-state index in [1.807, 2.05) is 22.9 Å². The van der Waals surface area contributed by atoms with Crippen molar-refractivity contribution in [3.8, 4) is 6.07 Å². The Bertz CT molecular complexity index is 1370. The average Bonchev–Trinajstić information content (AvgIpc) is 2.89. The highest BCUT2D eigenvalue weighted by atomic mass is 32.2. The smallest absolute Gasteiger partial charge is 0.237 e. The number of anilines is 3. The Kier molecular flexibility index (Phi) is 8.25. The van der Waals surface area contributed by atoms with Crippen molar-refractivity contribution < 1.29 is 18.0 Å². The lowest BCUT2D eigenvalue weighted by molar-refractivity contribution is -0.136. The lowest BCUT2D eigenvalue weighted by Crippen LogP contribution is -2.48. The van der Waals surface area contributed by atoms with Crippen molar-refractivity contribution in [1.29, 1.82) is 5.26 Å². The molecule has 0 spiro atoms. The second kappa shape index (κ2) is 11.4. The number of nitriles is 1. The lowest BCUT2D eigenvalue weighted by atomic mass is 10.0. The molecule has 0 saturated carbocycles. The van der Waals surface area contributed by atoms with Gasteiger partial charge in [0.2, 0.25) is 15.9 Å². The molecule has 1 saturated heterocycles. The van der Waals surface area contributed by atoms with E-state index in [1.54, 1.807) is 17.9 Å². The number of hydrogen-bond donors (Lipinski definition) is 2. The van der Waals surface area contributed by atoms with Gasteiger partial charge in [-0.3, -0.25) is 14.5 Å². The highest BCUT2D eigenvalue weighted by Crippen LogP contribution is 2.34. The van der Waals surface area contributed by atoms with Crippen molar-refractivity contribution in [2.75, 3.05) is 56.2 Å². The summed E-state index contributed by atoms with van der Waals surface area (Å²) < 4.78 is 26.2. The van der Waals surface area contributed by atoms with Gasteiger partial charge in [0.25, 0.3) is 0 Å². The van der Waals surface area contributed by atoms with Crippen LogP contribution in [0.3, 0.4) is 0 Å². The summed E-state index contributed by atoms with van der Waals surface area (Å²) in [6.45, 7) is 4.37. The number of nitrogens with one attached hydrogen (secondary N) is 2. The molecule has 12 nitrogen and oxygen atoms in total. The summed E-state index contributed by atoms with van der Waals surface area (Å²) in [4.78, 5) is 39.3. The first kappa shape index (κ1) is 27.4. The number of fused-ring (bicyclic) bond motifs is 1. The Morgan fingerprint density at radius 1 is 1.26 bits per heavy atom. The molecule has 0 aliphatic carbocycles. The van der Waals surface area contributed by atoms with Gasteiger partial charge in [-0.15, -0.1) is 0 Å². The van der Waals surface area contributed by atoms with Gasteiger partial charge in [0.05, 0.1) is 23.5 Å². The molecule has 0 bridgehead atoms. The fraction of sp³-hybridized carbons (Fsp3) is 0.480. The number of hydrogen-bond acceptors (Lipinski definition) is 10. The fourth-order valence-corrected chi connectivity index (χ4v) is 5.64. The van der Waals surface area contributed by atoms with Gasteiger partial charge in [-0.2, -0.15) is 5.26 Å². The van der Waals surface area contributed by atoms with Crippen LogP contribution in [0.4, 0.5) is 17.3 Å². The maximum atomic E-state index is 12.5. The number of aromatic nitrogens is 2. The summed E-state index contributed by atoms with van der Waals surface area (Å²) in [6, 6.07) is 5.28. The number of carbonyl (C=O) groups excluding carboxylic acids is 2. The van der Waals surface area contributed by atoms with E-state index in [1.165, 1.54) is 13.2 Å². The first-order chi connectivity index (χ1) is 18.1. The van der Waals surface area contributed by atoms with E-state index in [9.17, 15) is 23.3 Å². The highest BCUT2D eigenvalue weighted by molar-refractivity contribution is 7.89. The molecule has 2 aromatic rings. The number of amides is 1. The van der Waals surface area contributed by atoms with Crippen LogP contribution in [0.15, 0.2) is 18.3 Å². The molecule has 1 atom stereocenters. The predicted molar refractivity (Wildman–Crippen MR) is 143 cm³/mol. The van der Waals surface area contributed by atoms with E-state index in [0.717, 1.165) is 24.9 Å². The first-order valence-corrected chi connectivity index (χ1v) is 14.1. The molecular weight excluding hydrogens is 508 g/mol. The van der Waals surface area contributed by atoms with Gasteiger partial charge in [0.15, 0.2) is 6.29 Å². The molecule has 2 aliphatic heterocycles. The third-order valence-electron chi connectivity index (χ3n) is 6.73. The molecule has 2 N–H and O–H groups in total. The van der Waals surface area contributed by atoms with Crippen molar-refractivity contribution >= 4 is 39.5 Å². The zero-order valence-corrected chi connectivity index (χ0v) is 22.6. The van der Waals surface area contributed by atoms with E-state index in [0.29, 0.717) is 55.4 Å². The summed E-state index contributed by atoms with van der Waals surface area (Å²) in [5.41, 5.74) is 2.69. The Labute approximate surface area is 222 Å². The van der Waals surface area contributed by atoms with E-state index in [-0.39, 0.29) is 22.9 Å². The summed E-state index contributed by atoms with van der Waals surface area (Å²) in [5.74, 6) is 0.998. The van der Waals surface area contributed by atoms with E-state index < -0.39 is 16.1 Å². The lowest BCUT2D eigenvalue weighted by Gasteiger charge is -2.33. The Morgan fingerprint density at radius 3 is 2.74 bits per heavy atom. The summed E-state index contributed by atoms with van der Waals surface area (Å²) in [7, 11) is -0.185. The number of aldehydes is 1. The molecule has 0 aromatic carbocycles. The number of carbonyl (C=O) groups is 2. The second-order valence-electron chi connectivity index (χ2n) is 9.67. The van der Waals surface area contributed by atoms with Crippen LogP contribution in [0.5, 0.6) is 0 Å². The van der Waals surface area contributed by atoms with Gasteiger partial charge in [-0.1, -0.05) is 0 Å². The van der Waals surface area contributed by atoms with Crippen LogP contribution in [-0.2, 0) is 27.8 Å². The number of rotatable bonds is 9. The SMILES string of the molecule is CNS(=O)(=O)CC(C)Nc1cc(N2CCCc3cc(CN4CCN(C)CC4=O)c(C=O)nc32)ncc1C#N. The number of likely N-dealkylation sites (N-methyl/N-ethyl adjacent to an activating group) is 1. The van der Waals surface area contributed by atoms with Gasteiger partial charge in [-0.25, -0.2) is 23.1 Å². The van der Waals surface area contributed by atoms with Crippen molar-refractivity contribution in [2.24, 2.45) is 0 Å². The maximum absolute atomic E-state index is 12.5. The quantitative estimate of drug-likeness (QED) is 0.438. The fourth-order valence-electron chi connectivity index (χ4n) is 4.73. The van der Waals surface area contributed by atoms with Gasteiger partial charge in [0, 0.05) is 50.0 Å². The summed E-state index contributed by atoms with van der Waals surface area (Å²) in [5, 5.41) is 12.7. The molecule has 1 amide bonds. The third-order valence-corrected chi connectivity index (χ3v) is 8.29.